The predicted octanol–water partition coefficient (Wildman–Crippen LogP) is 2.96. The van der Waals surface area contributed by atoms with Crippen molar-refractivity contribution in [3.8, 4) is 5.75 Å². The number of aromatic nitrogens is 1. The highest BCUT2D eigenvalue weighted by Gasteiger charge is 2.19. The van der Waals surface area contributed by atoms with Crippen LogP contribution < -0.4 is 15.4 Å². The van der Waals surface area contributed by atoms with E-state index in [9.17, 15) is 4.79 Å². The molecule has 1 saturated heterocycles. The topological polar surface area (TPSA) is 63.2 Å². The van der Waals surface area contributed by atoms with Gasteiger partial charge in [-0.15, -0.1) is 24.8 Å². The molecule has 1 unspecified atom stereocenters. The predicted molar refractivity (Wildman–Crippen MR) is 105 cm³/mol. The second-order valence-corrected chi connectivity index (χ2v) is 5.87. The Balaban J connectivity index is 0.00000156. The second kappa shape index (κ2) is 11.1. The summed E-state index contributed by atoms with van der Waals surface area (Å²) >= 11 is 0. The van der Waals surface area contributed by atoms with Crippen molar-refractivity contribution < 1.29 is 9.53 Å². The molecule has 0 spiro atoms. The van der Waals surface area contributed by atoms with Crippen LogP contribution in [0.1, 0.15) is 19.3 Å². The monoisotopic (exact) mass is 385 g/mol. The lowest BCUT2D eigenvalue weighted by atomic mass is 9.99. The average molecular weight is 386 g/mol. The highest BCUT2D eigenvalue weighted by Crippen LogP contribution is 2.22. The number of carbonyl (C=O) groups excluding carboxylic acids is 1. The van der Waals surface area contributed by atoms with Crippen LogP contribution in [-0.2, 0) is 4.79 Å². The van der Waals surface area contributed by atoms with E-state index < -0.39 is 0 Å². The molecule has 2 heterocycles. The van der Waals surface area contributed by atoms with Gasteiger partial charge in [-0.2, -0.15) is 0 Å². The van der Waals surface area contributed by atoms with Crippen LogP contribution >= 0.6 is 24.8 Å². The van der Waals surface area contributed by atoms with Gasteiger partial charge in [0, 0.05) is 24.7 Å². The van der Waals surface area contributed by atoms with Gasteiger partial charge in [0.05, 0.1) is 12.5 Å². The molecule has 3 rings (SSSR count). The summed E-state index contributed by atoms with van der Waals surface area (Å²) in [7, 11) is 0. The molecule has 0 saturated carbocycles. The SMILES string of the molecule is Cl.Cl.O=C(NCCCOc1cccc2cccnc12)C1CCCNC1. The molecule has 1 aliphatic rings. The largest absolute Gasteiger partial charge is 0.491 e. The van der Waals surface area contributed by atoms with Gasteiger partial charge in [0.2, 0.25) is 5.91 Å². The van der Waals surface area contributed by atoms with Gasteiger partial charge in [-0.1, -0.05) is 18.2 Å². The number of ether oxygens (including phenoxy) is 1. The maximum Gasteiger partial charge on any atom is 0.224 e. The van der Waals surface area contributed by atoms with Crippen molar-refractivity contribution >= 4 is 41.6 Å². The van der Waals surface area contributed by atoms with Crippen molar-refractivity contribution in [2.24, 2.45) is 5.92 Å². The molecule has 0 aliphatic carbocycles. The zero-order chi connectivity index (χ0) is 15.9. The van der Waals surface area contributed by atoms with E-state index in [1.807, 2.05) is 30.3 Å². The van der Waals surface area contributed by atoms with Gasteiger partial charge in [0.15, 0.2) is 0 Å². The molecule has 1 aliphatic heterocycles. The van der Waals surface area contributed by atoms with Crippen molar-refractivity contribution in [2.45, 2.75) is 19.3 Å². The Hall–Kier alpha value is -1.56. The Morgan fingerprint density at radius 2 is 2.12 bits per heavy atom. The summed E-state index contributed by atoms with van der Waals surface area (Å²) in [4.78, 5) is 16.4. The van der Waals surface area contributed by atoms with Crippen molar-refractivity contribution in [3.05, 3.63) is 36.5 Å². The summed E-state index contributed by atoms with van der Waals surface area (Å²) in [5, 5.41) is 7.34. The smallest absolute Gasteiger partial charge is 0.224 e. The van der Waals surface area contributed by atoms with E-state index in [1.165, 1.54) is 0 Å². The molecule has 5 nitrogen and oxygen atoms in total. The lowest BCUT2D eigenvalue weighted by Gasteiger charge is -2.21. The molecule has 0 bridgehead atoms. The highest BCUT2D eigenvalue weighted by atomic mass is 35.5. The summed E-state index contributed by atoms with van der Waals surface area (Å²) in [6.07, 6.45) is 4.62. The number of pyridine rings is 1. The van der Waals surface area contributed by atoms with Crippen LogP contribution in [0.4, 0.5) is 0 Å². The van der Waals surface area contributed by atoms with E-state index in [2.05, 4.69) is 15.6 Å². The van der Waals surface area contributed by atoms with Crippen LogP contribution in [0.3, 0.4) is 0 Å². The minimum atomic E-state index is 0. The number of fused-ring (bicyclic) bond motifs is 1. The Bertz CT molecular complexity index is 658. The summed E-state index contributed by atoms with van der Waals surface area (Å²) in [5.74, 6) is 1.07. The Morgan fingerprint density at radius 1 is 1.28 bits per heavy atom. The zero-order valence-electron chi connectivity index (χ0n) is 14.1. The summed E-state index contributed by atoms with van der Waals surface area (Å²) in [6.45, 7) is 3.03. The fourth-order valence-corrected chi connectivity index (χ4v) is 2.88. The van der Waals surface area contributed by atoms with E-state index in [4.69, 9.17) is 4.74 Å². The first-order chi connectivity index (χ1) is 11.3. The number of piperidine rings is 1. The van der Waals surface area contributed by atoms with Crippen LogP contribution in [0.15, 0.2) is 36.5 Å². The van der Waals surface area contributed by atoms with E-state index in [0.717, 1.165) is 49.0 Å². The molecule has 1 aromatic carbocycles. The van der Waals surface area contributed by atoms with E-state index in [-0.39, 0.29) is 36.6 Å². The Labute approximate surface area is 160 Å². The zero-order valence-corrected chi connectivity index (χ0v) is 15.7. The van der Waals surface area contributed by atoms with Crippen LogP contribution in [0, 0.1) is 5.92 Å². The van der Waals surface area contributed by atoms with E-state index in [0.29, 0.717) is 13.2 Å². The molecule has 7 heteroatoms. The molecule has 1 aromatic heterocycles. The number of benzene rings is 1. The first-order valence-corrected chi connectivity index (χ1v) is 8.29. The molecule has 25 heavy (non-hydrogen) atoms. The number of nitrogens with one attached hydrogen (secondary N) is 2. The maximum absolute atomic E-state index is 12.0. The van der Waals surface area contributed by atoms with Gasteiger partial charge >= 0.3 is 0 Å². The molecule has 2 N–H and O–H groups in total. The molecule has 0 radical (unpaired) electrons. The molecule has 1 atom stereocenters. The van der Waals surface area contributed by atoms with E-state index in [1.54, 1.807) is 6.20 Å². The van der Waals surface area contributed by atoms with Gasteiger partial charge in [-0.05, 0) is 37.9 Å². The normalized spacial score (nSPS) is 16.4. The quantitative estimate of drug-likeness (QED) is 0.750. The number of para-hydroxylation sites is 1. The summed E-state index contributed by atoms with van der Waals surface area (Å²) < 4.78 is 5.82. The van der Waals surface area contributed by atoms with Crippen molar-refractivity contribution in [1.29, 1.82) is 0 Å². The van der Waals surface area contributed by atoms with Gasteiger partial charge in [-0.3, -0.25) is 9.78 Å². The van der Waals surface area contributed by atoms with Crippen molar-refractivity contribution in [3.63, 3.8) is 0 Å². The van der Waals surface area contributed by atoms with E-state index >= 15 is 0 Å². The van der Waals surface area contributed by atoms with Crippen LogP contribution in [0.2, 0.25) is 0 Å². The van der Waals surface area contributed by atoms with Gasteiger partial charge in [0.1, 0.15) is 11.3 Å². The van der Waals surface area contributed by atoms with Crippen LogP contribution in [0.5, 0.6) is 5.75 Å². The molecule has 2 aromatic rings. The van der Waals surface area contributed by atoms with Gasteiger partial charge in [0.25, 0.3) is 0 Å². The minimum Gasteiger partial charge on any atom is -0.491 e. The number of carbonyl (C=O) groups is 1. The standard InChI is InChI=1S/C18H23N3O2.2ClH/c22-18(15-7-2-9-19-13-15)21-11-4-12-23-16-8-1-5-14-6-3-10-20-17(14)16;;/h1,3,5-6,8,10,15,19H,2,4,7,9,11-13H2,(H,21,22);2*1H. The fraction of sp³-hybridized carbons (Fsp3) is 0.444. The van der Waals surface area contributed by atoms with Gasteiger partial charge in [-0.25, -0.2) is 0 Å². The number of nitrogens with zero attached hydrogens (tertiary/aromatic N) is 1. The number of halogens is 2. The summed E-state index contributed by atoms with van der Waals surface area (Å²) in [5.41, 5.74) is 0.882. The third kappa shape index (κ3) is 6.03. The number of rotatable bonds is 6. The molecule has 138 valence electrons. The number of amides is 1. The van der Waals surface area contributed by atoms with Crippen LogP contribution in [0.25, 0.3) is 10.9 Å². The first kappa shape index (κ1) is 21.5. The second-order valence-electron chi connectivity index (χ2n) is 5.87. The maximum atomic E-state index is 12.0. The van der Waals surface area contributed by atoms with Crippen molar-refractivity contribution in [1.82, 2.24) is 15.6 Å². The number of hydrogen-bond donors (Lipinski definition) is 2. The van der Waals surface area contributed by atoms with Crippen LogP contribution in [-0.4, -0.2) is 37.1 Å². The minimum absolute atomic E-state index is 0. The van der Waals surface area contributed by atoms with Gasteiger partial charge < -0.3 is 15.4 Å². The summed E-state index contributed by atoms with van der Waals surface area (Å²) in [6, 6.07) is 9.86. The van der Waals surface area contributed by atoms with Crippen molar-refractivity contribution in [2.75, 3.05) is 26.2 Å². The molecular weight excluding hydrogens is 361 g/mol. The third-order valence-electron chi connectivity index (χ3n) is 4.14. The fourth-order valence-electron chi connectivity index (χ4n) is 2.88. The third-order valence-corrected chi connectivity index (χ3v) is 4.14. The lowest BCUT2D eigenvalue weighted by molar-refractivity contribution is -0.125. The Morgan fingerprint density at radius 3 is 2.92 bits per heavy atom. The molecule has 1 fully saturated rings. The number of hydrogen-bond acceptors (Lipinski definition) is 4. The molecule has 1 amide bonds. The highest BCUT2D eigenvalue weighted by molar-refractivity contribution is 5.86. The lowest BCUT2D eigenvalue weighted by Crippen LogP contribution is -2.40. The molecular formula is C18H25Cl2N3O2. The average Bonchev–Trinajstić information content (AvgIpc) is 2.62. The Kier molecular flexibility index (Phi) is 9.57. The first-order valence-electron chi connectivity index (χ1n) is 8.29.